The van der Waals surface area contributed by atoms with Gasteiger partial charge in [-0.15, -0.1) is 0 Å². The van der Waals surface area contributed by atoms with E-state index in [-0.39, 0.29) is 11.6 Å². The van der Waals surface area contributed by atoms with Crippen molar-refractivity contribution in [2.75, 3.05) is 13.1 Å². The van der Waals surface area contributed by atoms with Crippen molar-refractivity contribution in [2.45, 2.75) is 26.3 Å². The molecule has 0 spiro atoms. The first-order chi connectivity index (χ1) is 9.54. The first kappa shape index (κ1) is 16.6. The zero-order valence-corrected chi connectivity index (χ0v) is 12.9. The largest absolute Gasteiger partial charge is 0.356 e. The van der Waals surface area contributed by atoms with E-state index in [9.17, 15) is 14.9 Å². The van der Waals surface area contributed by atoms with Gasteiger partial charge in [0.1, 0.15) is 0 Å². The number of nitro groups is 1. The summed E-state index contributed by atoms with van der Waals surface area (Å²) in [5, 5.41) is 16.7. The summed E-state index contributed by atoms with van der Waals surface area (Å²) in [6.07, 6.45) is 1.27. The molecule has 1 amide bonds. The van der Waals surface area contributed by atoms with Gasteiger partial charge in [0.25, 0.3) is 5.69 Å². The monoisotopic (exact) mass is 343 g/mol. The van der Waals surface area contributed by atoms with E-state index >= 15 is 0 Å². The van der Waals surface area contributed by atoms with Gasteiger partial charge in [0.15, 0.2) is 0 Å². The number of nitro benzene ring substituents is 1. The molecule has 1 aromatic rings. The lowest BCUT2D eigenvalue weighted by atomic mass is 10.2. The van der Waals surface area contributed by atoms with E-state index in [4.69, 9.17) is 0 Å². The summed E-state index contributed by atoms with van der Waals surface area (Å²) < 4.78 is 0.673. The molecule has 0 aliphatic carbocycles. The molecule has 0 aromatic heterocycles. The molecule has 0 aliphatic heterocycles. The molecule has 20 heavy (non-hydrogen) atoms. The maximum absolute atomic E-state index is 11.4. The van der Waals surface area contributed by atoms with Gasteiger partial charge < -0.3 is 10.6 Å². The van der Waals surface area contributed by atoms with Gasteiger partial charge in [-0.25, -0.2) is 0 Å². The number of carbonyl (C=O) groups excluding carboxylic acids is 1. The van der Waals surface area contributed by atoms with E-state index in [0.717, 1.165) is 6.42 Å². The summed E-state index contributed by atoms with van der Waals surface area (Å²) in [6.45, 7) is 3.52. The minimum Gasteiger partial charge on any atom is -0.356 e. The number of amides is 1. The van der Waals surface area contributed by atoms with Crippen molar-refractivity contribution >= 4 is 27.5 Å². The van der Waals surface area contributed by atoms with Crippen LogP contribution < -0.4 is 10.6 Å². The number of halogens is 1. The van der Waals surface area contributed by atoms with Crippen LogP contribution in [-0.4, -0.2) is 23.9 Å². The van der Waals surface area contributed by atoms with E-state index in [1.54, 1.807) is 12.1 Å². The molecule has 0 unspecified atom stereocenters. The smallest absolute Gasteiger partial charge is 0.275 e. The summed E-state index contributed by atoms with van der Waals surface area (Å²) in [6, 6.07) is 4.94. The topological polar surface area (TPSA) is 84.3 Å². The van der Waals surface area contributed by atoms with Crippen LogP contribution in [0.15, 0.2) is 22.7 Å². The number of rotatable bonds is 8. The highest BCUT2D eigenvalue weighted by molar-refractivity contribution is 9.10. The standard InChI is InChI=1S/C13H18BrN3O3/c1-2-6-16-13(18)5-7-15-9-10-3-4-11(14)8-12(10)17(19)20/h3-4,8,15H,2,5-7,9H2,1H3,(H,16,18). The zero-order chi connectivity index (χ0) is 15.0. The summed E-state index contributed by atoms with van der Waals surface area (Å²) in [7, 11) is 0. The van der Waals surface area contributed by atoms with Crippen LogP contribution in [0.4, 0.5) is 5.69 Å². The van der Waals surface area contributed by atoms with Crippen LogP contribution in [-0.2, 0) is 11.3 Å². The fourth-order valence-corrected chi connectivity index (χ4v) is 1.98. The molecular weight excluding hydrogens is 326 g/mol. The van der Waals surface area contributed by atoms with Gasteiger partial charge in [-0.2, -0.15) is 0 Å². The second-order valence-corrected chi connectivity index (χ2v) is 5.22. The molecule has 0 fully saturated rings. The lowest BCUT2D eigenvalue weighted by Gasteiger charge is -2.06. The minimum atomic E-state index is -0.407. The first-order valence-electron chi connectivity index (χ1n) is 6.44. The summed E-state index contributed by atoms with van der Waals surface area (Å²) in [4.78, 5) is 21.9. The van der Waals surface area contributed by atoms with Crippen LogP contribution in [0.25, 0.3) is 0 Å². The number of hydrogen-bond acceptors (Lipinski definition) is 4. The van der Waals surface area contributed by atoms with Gasteiger partial charge >= 0.3 is 0 Å². The van der Waals surface area contributed by atoms with Crippen LogP contribution >= 0.6 is 15.9 Å². The molecule has 0 saturated heterocycles. The normalized spacial score (nSPS) is 10.3. The SMILES string of the molecule is CCCNC(=O)CCNCc1ccc(Br)cc1[N+](=O)[O-]. The Morgan fingerprint density at radius 1 is 1.40 bits per heavy atom. The lowest BCUT2D eigenvalue weighted by Crippen LogP contribution is -2.28. The second kappa shape index (κ2) is 8.65. The number of carbonyl (C=O) groups is 1. The molecule has 110 valence electrons. The van der Waals surface area contributed by atoms with Gasteiger partial charge in [0.05, 0.1) is 4.92 Å². The average Bonchev–Trinajstić information content (AvgIpc) is 2.42. The first-order valence-corrected chi connectivity index (χ1v) is 7.24. The number of nitrogens with zero attached hydrogens (tertiary/aromatic N) is 1. The van der Waals surface area contributed by atoms with Crippen LogP contribution in [0.2, 0.25) is 0 Å². The van der Waals surface area contributed by atoms with E-state index in [1.807, 2.05) is 6.92 Å². The molecule has 7 heteroatoms. The molecule has 0 aliphatic rings. The van der Waals surface area contributed by atoms with Crippen molar-refractivity contribution in [1.82, 2.24) is 10.6 Å². The number of nitrogens with one attached hydrogen (secondary N) is 2. The van der Waals surface area contributed by atoms with Crippen molar-refractivity contribution < 1.29 is 9.72 Å². The highest BCUT2D eigenvalue weighted by atomic mass is 79.9. The third-order valence-corrected chi connectivity index (χ3v) is 3.15. The summed E-state index contributed by atoms with van der Waals surface area (Å²) in [5.74, 6) is -0.00958. The predicted octanol–water partition coefficient (Wildman–Crippen LogP) is 2.36. The summed E-state index contributed by atoms with van der Waals surface area (Å²) >= 11 is 3.21. The Hall–Kier alpha value is -1.47. The van der Waals surface area contributed by atoms with Crippen molar-refractivity contribution in [3.8, 4) is 0 Å². The Bertz CT molecular complexity index is 480. The molecular formula is C13H18BrN3O3. The maximum atomic E-state index is 11.4. The molecule has 0 heterocycles. The third kappa shape index (κ3) is 5.66. The van der Waals surface area contributed by atoms with E-state index < -0.39 is 4.92 Å². The molecule has 1 aromatic carbocycles. The molecule has 2 N–H and O–H groups in total. The van der Waals surface area contributed by atoms with Crippen molar-refractivity contribution in [2.24, 2.45) is 0 Å². The van der Waals surface area contributed by atoms with Gasteiger partial charge in [-0.05, 0) is 18.6 Å². The molecule has 6 nitrogen and oxygen atoms in total. The fourth-order valence-electron chi connectivity index (χ4n) is 1.63. The molecule has 0 saturated carbocycles. The van der Waals surface area contributed by atoms with E-state index in [0.29, 0.717) is 36.1 Å². The molecule has 0 atom stereocenters. The Morgan fingerprint density at radius 3 is 2.80 bits per heavy atom. The lowest BCUT2D eigenvalue weighted by molar-refractivity contribution is -0.385. The average molecular weight is 344 g/mol. The maximum Gasteiger partial charge on any atom is 0.275 e. The van der Waals surface area contributed by atoms with Crippen LogP contribution in [0.3, 0.4) is 0 Å². The van der Waals surface area contributed by atoms with Crippen LogP contribution in [0.1, 0.15) is 25.3 Å². The predicted molar refractivity (Wildman–Crippen MR) is 80.4 cm³/mol. The minimum absolute atomic E-state index is 0.00958. The van der Waals surface area contributed by atoms with Gasteiger partial charge in [0, 0.05) is 42.2 Å². The van der Waals surface area contributed by atoms with Gasteiger partial charge in [0.2, 0.25) is 5.91 Å². The van der Waals surface area contributed by atoms with Crippen molar-refractivity contribution in [1.29, 1.82) is 0 Å². The Balaban J connectivity index is 2.42. The number of hydrogen-bond donors (Lipinski definition) is 2. The van der Waals surface area contributed by atoms with Crippen LogP contribution in [0, 0.1) is 10.1 Å². The Kier molecular flexibility index (Phi) is 7.17. The van der Waals surface area contributed by atoms with E-state index in [1.165, 1.54) is 6.07 Å². The Morgan fingerprint density at radius 2 is 2.15 bits per heavy atom. The quantitative estimate of drug-likeness (QED) is 0.431. The van der Waals surface area contributed by atoms with Crippen molar-refractivity contribution in [3.63, 3.8) is 0 Å². The third-order valence-electron chi connectivity index (χ3n) is 2.66. The van der Waals surface area contributed by atoms with Crippen LogP contribution in [0.5, 0.6) is 0 Å². The van der Waals surface area contributed by atoms with E-state index in [2.05, 4.69) is 26.6 Å². The number of benzene rings is 1. The molecule has 1 rings (SSSR count). The second-order valence-electron chi connectivity index (χ2n) is 4.31. The highest BCUT2D eigenvalue weighted by Crippen LogP contribution is 2.23. The van der Waals surface area contributed by atoms with Gasteiger partial charge in [-0.3, -0.25) is 14.9 Å². The molecule has 0 radical (unpaired) electrons. The van der Waals surface area contributed by atoms with Gasteiger partial charge in [-0.1, -0.05) is 22.9 Å². The summed E-state index contributed by atoms with van der Waals surface area (Å²) in [5.41, 5.74) is 0.675. The highest BCUT2D eigenvalue weighted by Gasteiger charge is 2.13. The Labute approximate surface area is 126 Å². The molecule has 0 bridgehead atoms. The zero-order valence-electron chi connectivity index (χ0n) is 11.3. The van der Waals surface area contributed by atoms with Crippen molar-refractivity contribution in [3.05, 3.63) is 38.3 Å². The fraction of sp³-hybridized carbons (Fsp3) is 0.462.